The number of nitrogens with one attached hydrogen (secondary N) is 1. The molecule has 0 fully saturated rings. The van der Waals surface area contributed by atoms with Crippen LogP contribution < -0.4 is 15.8 Å². The van der Waals surface area contributed by atoms with Crippen LogP contribution in [0.4, 0.5) is 5.69 Å². The molecule has 1 heterocycles. The monoisotopic (exact) mass is 288 g/mol. The van der Waals surface area contributed by atoms with Crippen LogP contribution >= 0.6 is 0 Å². The summed E-state index contributed by atoms with van der Waals surface area (Å²) in [5.74, 6) is 0.552. The van der Waals surface area contributed by atoms with Gasteiger partial charge in [-0.25, -0.2) is 0 Å². The van der Waals surface area contributed by atoms with E-state index in [-0.39, 0.29) is 5.91 Å². The van der Waals surface area contributed by atoms with Gasteiger partial charge >= 0.3 is 0 Å². The lowest BCUT2D eigenvalue weighted by molar-refractivity contribution is 0.0949. The number of nitrogens with two attached hydrogens (primary N) is 1. The van der Waals surface area contributed by atoms with Gasteiger partial charge in [-0.2, -0.15) is 5.10 Å². The maximum absolute atomic E-state index is 12.3. The number of nitrogens with zero attached hydrogens (tertiary/aromatic N) is 2. The molecule has 0 aliphatic rings. The second kappa shape index (κ2) is 6.30. The van der Waals surface area contributed by atoms with Gasteiger partial charge in [0, 0.05) is 31.0 Å². The average molecular weight is 288 g/mol. The summed E-state index contributed by atoms with van der Waals surface area (Å²) in [4.78, 5) is 12.3. The Bertz CT molecular complexity index is 649. The zero-order valence-corrected chi connectivity index (χ0v) is 12.5. The van der Waals surface area contributed by atoms with E-state index in [2.05, 4.69) is 10.4 Å². The number of ether oxygens (including phenoxy) is 1. The number of carbonyl (C=O) groups is 1. The van der Waals surface area contributed by atoms with Crippen molar-refractivity contribution in [3.05, 3.63) is 41.2 Å². The molecule has 0 saturated heterocycles. The van der Waals surface area contributed by atoms with E-state index in [0.29, 0.717) is 30.0 Å². The minimum absolute atomic E-state index is 0.149. The Labute approximate surface area is 123 Å². The Balaban J connectivity index is 2.12. The highest BCUT2D eigenvalue weighted by atomic mass is 16.5. The lowest BCUT2D eigenvalue weighted by atomic mass is 10.1. The molecule has 1 amide bonds. The Morgan fingerprint density at radius 2 is 2.24 bits per heavy atom. The molecule has 6 heteroatoms. The van der Waals surface area contributed by atoms with Gasteiger partial charge in [0.15, 0.2) is 0 Å². The van der Waals surface area contributed by atoms with Crippen LogP contribution in [0.15, 0.2) is 24.4 Å². The summed E-state index contributed by atoms with van der Waals surface area (Å²) in [5.41, 5.74) is 8.63. The highest BCUT2D eigenvalue weighted by Gasteiger charge is 2.14. The van der Waals surface area contributed by atoms with E-state index < -0.39 is 0 Å². The van der Waals surface area contributed by atoms with Crippen LogP contribution in [-0.4, -0.2) is 22.8 Å². The van der Waals surface area contributed by atoms with Gasteiger partial charge in [0.2, 0.25) is 0 Å². The molecule has 2 rings (SSSR count). The molecule has 0 atom stereocenters. The minimum Gasteiger partial charge on any atom is -0.496 e. The zero-order valence-electron chi connectivity index (χ0n) is 12.5. The Kier molecular flexibility index (Phi) is 4.47. The molecule has 3 N–H and O–H groups in total. The van der Waals surface area contributed by atoms with E-state index in [0.717, 1.165) is 11.3 Å². The van der Waals surface area contributed by atoms with E-state index in [4.69, 9.17) is 10.5 Å². The van der Waals surface area contributed by atoms with Crippen LogP contribution in [0.1, 0.15) is 28.5 Å². The van der Waals surface area contributed by atoms with E-state index in [1.165, 1.54) is 0 Å². The van der Waals surface area contributed by atoms with Crippen LogP contribution in [0.5, 0.6) is 5.75 Å². The Morgan fingerprint density at radius 1 is 1.48 bits per heavy atom. The fourth-order valence-electron chi connectivity index (χ4n) is 2.19. The number of nitrogen functional groups attached to an aromatic ring is 1. The number of carbonyl (C=O) groups excluding carboxylic acids is 1. The molecule has 0 spiro atoms. The van der Waals surface area contributed by atoms with Crippen LogP contribution in [-0.2, 0) is 20.0 Å². The molecule has 1 aromatic carbocycles. The van der Waals surface area contributed by atoms with Crippen LogP contribution in [0, 0.1) is 0 Å². The number of aryl methyl sites for hydroxylation is 2. The normalized spacial score (nSPS) is 10.4. The molecule has 112 valence electrons. The number of rotatable bonds is 5. The number of hydrogen-bond donors (Lipinski definition) is 2. The molecule has 0 aliphatic heterocycles. The van der Waals surface area contributed by atoms with Crippen molar-refractivity contribution in [1.29, 1.82) is 0 Å². The molecular weight excluding hydrogens is 268 g/mol. The van der Waals surface area contributed by atoms with Gasteiger partial charge in [-0.15, -0.1) is 0 Å². The summed E-state index contributed by atoms with van der Waals surface area (Å²) >= 11 is 0. The largest absolute Gasteiger partial charge is 0.496 e. The quantitative estimate of drug-likeness (QED) is 0.817. The van der Waals surface area contributed by atoms with Gasteiger partial charge in [-0.3, -0.25) is 9.48 Å². The molecule has 2 aromatic rings. The maximum atomic E-state index is 12.3. The second-order valence-electron chi connectivity index (χ2n) is 4.77. The lowest BCUT2D eigenvalue weighted by Gasteiger charge is -2.10. The number of aromatic nitrogens is 2. The molecule has 6 nitrogen and oxygen atoms in total. The predicted molar refractivity (Wildman–Crippen MR) is 81.2 cm³/mol. The number of amides is 1. The summed E-state index contributed by atoms with van der Waals surface area (Å²) in [6.45, 7) is 2.32. The third-order valence-corrected chi connectivity index (χ3v) is 3.23. The lowest BCUT2D eigenvalue weighted by Crippen LogP contribution is -2.23. The molecule has 0 saturated carbocycles. The summed E-state index contributed by atoms with van der Waals surface area (Å²) in [7, 11) is 3.39. The fraction of sp³-hybridized carbons (Fsp3) is 0.333. The first-order valence-corrected chi connectivity index (χ1v) is 6.78. The van der Waals surface area contributed by atoms with Gasteiger partial charge in [0.05, 0.1) is 18.4 Å². The van der Waals surface area contributed by atoms with E-state index >= 15 is 0 Å². The van der Waals surface area contributed by atoms with Crippen molar-refractivity contribution in [2.24, 2.45) is 7.05 Å². The first-order chi connectivity index (χ1) is 10.0. The van der Waals surface area contributed by atoms with Crippen molar-refractivity contribution in [1.82, 2.24) is 15.1 Å². The van der Waals surface area contributed by atoms with Gasteiger partial charge in [-0.05, 0) is 24.6 Å². The van der Waals surface area contributed by atoms with Crippen molar-refractivity contribution in [3.63, 3.8) is 0 Å². The summed E-state index contributed by atoms with van der Waals surface area (Å²) < 4.78 is 6.91. The zero-order chi connectivity index (χ0) is 15.4. The van der Waals surface area contributed by atoms with E-state index in [1.807, 2.05) is 6.92 Å². The highest BCUT2D eigenvalue weighted by molar-refractivity contribution is 5.95. The number of benzene rings is 1. The standard InChI is InChI=1S/C15H20N4O2/c1-4-13-12(9-19(2)18-13)15(20)17-8-10-7-11(16)5-6-14(10)21-3/h5-7,9H,4,8,16H2,1-3H3,(H,17,20). The van der Waals surface area contributed by atoms with Gasteiger partial charge in [-0.1, -0.05) is 6.92 Å². The molecule has 0 radical (unpaired) electrons. The Hall–Kier alpha value is -2.50. The van der Waals surface area contributed by atoms with Crippen LogP contribution in [0.25, 0.3) is 0 Å². The van der Waals surface area contributed by atoms with Crippen molar-refractivity contribution in [2.75, 3.05) is 12.8 Å². The number of anilines is 1. The topological polar surface area (TPSA) is 82.2 Å². The van der Waals surface area contributed by atoms with Crippen molar-refractivity contribution in [2.45, 2.75) is 19.9 Å². The number of methoxy groups -OCH3 is 1. The van der Waals surface area contributed by atoms with E-state index in [1.54, 1.807) is 43.2 Å². The average Bonchev–Trinajstić information content (AvgIpc) is 2.86. The fourth-order valence-corrected chi connectivity index (χ4v) is 2.19. The third-order valence-electron chi connectivity index (χ3n) is 3.23. The van der Waals surface area contributed by atoms with Gasteiger partial charge in [0.25, 0.3) is 5.91 Å². The molecule has 21 heavy (non-hydrogen) atoms. The maximum Gasteiger partial charge on any atom is 0.255 e. The van der Waals surface area contributed by atoms with Crippen molar-refractivity contribution in [3.8, 4) is 5.75 Å². The second-order valence-corrected chi connectivity index (χ2v) is 4.77. The molecule has 1 aromatic heterocycles. The van der Waals surface area contributed by atoms with Crippen molar-refractivity contribution < 1.29 is 9.53 Å². The minimum atomic E-state index is -0.149. The van der Waals surface area contributed by atoms with Crippen LogP contribution in [0.2, 0.25) is 0 Å². The van der Waals surface area contributed by atoms with E-state index in [9.17, 15) is 4.79 Å². The van der Waals surface area contributed by atoms with Crippen molar-refractivity contribution >= 4 is 11.6 Å². The van der Waals surface area contributed by atoms with Crippen LogP contribution in [0.3, 0.4) is 0 Å². The summed E-state index contributed by atoms with van der Waals surface area (Å²) in [6, 6.07) is 5.35. The summed E-state index contributed by atoms with van der Waals surface area (Å²) in [5, 5.41) is 7.14. The summed E-state index contributed by atoms with van der Waals surface area (Å²) in [6.07, 6.45) is 2.44. The molecule has 0 aliphatic carbocycles. The molecule has 0 bridgehead atoms. The first kappa shape index (κ1) is 14.9. The smallest absolute Gasteiger partial charge is 0.255 e. The number of hydrogen-bond acceptors (Lipinski definition) is 4. The highest BCUT2D eigenvalue weighted by Crippen LogP contribution is 2.21. The first-order valence-electron chi connectivity index (χ1n) is 6.78. The Morgan fingerprint density at radius 3 is 2.90 bits per heavy atom. The molecule has 0 unspecified atom stereocenters. The molecular formula is C15H20N4O2. The van der Waals surface area contributed by atoms with Gasteiger partial charge in [0.1, 0.15) is 5.75 Å². The SMILES string of the molecule is CCc1nn(C)cc1C(=O)NCc1cc(N)ccc1OC. The predicted octanol–water partition coefficient (Wildman–Crippen LogP) is 1.50. The third kappa shape index (κ3) is 3.34. The van der Waals surface area contributed by atoms with Gasteiger partial charge < -0.3 is 15.8 Å².